The summed E-state index contributed by atoms with van der Waals surface area (Å²) in [6, 6.07) is 0. The van der Waals surface area contributed by atoms with E-state index in [2.05, 4.69) is 14.7 Å². The molecule has 2 heterocycles. The molecule has 2 rings (SSSR count). The molecule has 0 saturated carbocycles. The van der Waals surface area contributed by atoms with Gasteiger partial charge >= 0.3 is 0 Å². The van der Waals surface area contributed by atoms with Crippen LogP contribution in [-0.4, -0.2) is 36.4 Å². The van der Waals surface area contributed by atoms with Crippen molar-refractivity contribution in [2.24, 2.45) is 5.92 Å². The standard InChI is InChI=1S/C8H10N2O4S/c11-4-8-9-7(10-14-8)3-6-1-2-15(12,13)5-6/h4,6H,1-3,5H2. The number of hydrogen-bond donors (Lipinski definition) is 0. The van der Waals surface area contributed by atoms with Crippen molar-refractivity contribution in [3.05, 3.63) is 11.7 Å². The minimum Gasteiger partial charge on any atom is -0.331 e. The molecule has 1 aromatic heterocycles. The lowest BCUT2D eigenvalue weighted by molar-refractivity contribution is 0.108. The molecule has 6 nitrogen and oxygen atoms in total. The predicted molar refractivity (Wildman–Crippen MR) is 50.2 cm³/mol. The normalized spacial score (nSPS) is 24.1. The second-order valence-electron chi connectivity index (χ2n) is 3.64. The van der Waals surface area contributed by atoms with Crippen molar-refractivity contribution in [2.45, 2.75) is 12.8 Å². The van der Waals surface area contributed by atoms with E-state index in [9.17, 15) is 13.2 Å². The molecule has 0 spiro atoms. The summed E-state index contributed by atoms with van der Waals surface area (Å²) in [5.74, 6) is 0.797. The lowest BCUT2D eigenvalue weighted by Gasteiger charge is -2.01. The summed E-state index contributed by atoms with van der Waals surface area (Å²) in [5, 5.41) is 3.59. The number of carbonyl (C=O) groups is 1. The molecule has 0 aliphatic carbocycles. The summed E-state index contributed by atoms with van der Waals surface area (Å²) in [4.78, 5) is 14.1. The zero-order chi connectivity index (χ0) is 10.9. The monoisotopic (exact) mass is 230 g/mol. The minimum absolute atomic E-state index is 0.0482. The smallest absolute Gasteiger partial charge is 0.290 e. The van der Waals surface area contributed by atoms with Crippen LogP contribution in [0.1, 0.15) is 22.9 Å². The van der Waals surface area contributed by atoms with Gasteiger partial charge in [0.25, 0.3) is 5.89 Å². The van der Waals surface area contributed by atoms with E-state index in [1.54, 1.807) is 0 Å². The third-order valence-electron chi connectivity index (χ3n) is 2.38. The Morgan fingerprint density at radius 3 is 2.87 bits per heavy atom. The molecule has 1 fully saturated rings. The summed E-state index contributed by atoms with van der Waals surface area (Å²) >= 11 is 0. The lowest BCUT2D eigenvalue weighted by atomic mass is 10.1. The Morgan fingerprint density at radius 1 is 1.53 bits per heavy atom. The van der Waals surface area contributed by atoms with E-state index in [1.165, 1.54) is 0 Å². The molecule has 0 N–H and O–H groups in total. The van der Waals surface area contributed by atoms with E-state index in [4.69, 9.17) is 0 Å². The van der Waals surface area contributed by atoms with Crippen molar-refractivity contribution >= 4 is 16.1 Å². The van der Waals surface area contributed by atoms with Gasteiger partial charge in [-0.3, -0.25) is 4.79 Å². The first kappa shape index (κ1) is 10.3. The Kier molecular flexibility index (Phi) is 2.56. The van der Waals surface area contributed by atoms with Crippen LogP contribution in [0.2, 0.25) is 0 Å². The average Bonchev–Trinajstić information content (AvgIpc) is 2.73. The summed E-state index contributed by atoms with van der Waals surface area (Å²) < 4.78 is 26.9. The largest absolute Gasteiger partial charge is 0.331 e. The number of rotatable bonds is 3. The first-order valence-electron chi connectivity index (χ1n) is 4.57. The maximum Gasteiger partial charge on any atom is 0.290 e. The maximum absolute atomic E-state index is 11.2. The molecule has 7 heteroatoms. The fraction of sp³-hybridized carbons (Fsp3) is 0.625. The summed E-state index contributed by atoms with van der Waals surface area (Å²) in [5.41, 5.74) is 0. The van der Waals surface area contributed by atoms with Crippen molar-refractivity contribution in [3.63, 3.8) is 0 Å². The molecule has 1 atom stereocenters. The molecule has 1 aromatic rings. The van der Waals surface area contributed by atoms with Crippen LogP contribution in [0.15, 0.2) is 4.52 Å². The van der Waals surface area contributed by atoms with Crippen molar-refractivity contribution in [1.29, 1.82) is 0 Å². The van der Waals surface area contributed by atoms with Crippen LogP contribution < -0.4 is 0 Å². The third-order valence-corrected chi connectivity index (χ3v) is 4.22. The SMILES string of the molecule is O=Cc1nc(CC2CCS(=O)(=O)C2)no1. The Bertz CT molecular complexity index is 465. The second kappa shape index (κ2) is 3.73. The van der Waals surface area contributed by atoms with Crippen LogP contribution in [-0.2, 0) is 16.3 Å². The van der Waals surface area contributed by atoms with E-state index >= 15 is 0 Å². The number of aromatic nitrogens is 2. The van der Waals surface area contributed by atoms with Crippen LogP contribution in [0, 0.1) is 5.92 Å². The molecule has 0 radical (unpaired) electrons. The van der Waals surface area contributed by atoms with Gasteiger partial charge in [-0.1, -0.05) is 5.16 Å². The zero-order valence-electron chi connectivity index (χ0n) is 7.92. The van der Waals surface area contributed by atoms with Crippen LogP contribution in [0.3, 0.4) is 0 Å². The number of carbonyl (C=O) groups excluding carboxylic acids is 1. The molecule has 82 valence electrons. The minimum atomic E-state index is -2.87. The highest BCUT2D eigenvalue weighted by atomic mass is 32.2. The van der Waals surface area contributed by atoms with Gasteiger partial charge in [0.15, 0.2) is 15.7 Å². The number of nitrogens with zero attached hydrogens (tertiary/aromatic N) is 2. The van der Waals surface area contributed by atoms with E-state index in [0.29, 0.717) is 25.0 Å². The van der Waals surface area contributed by atoms with E-state index in [0.717, 1.165) is 0 Å². The summed E-state index contributed by atoms with van der Waals surface area (Å²) in [6.45, 7) is 0. The van der Waals surface area contributed by atoms with E-state index in [-0.39, 0.29) is 23.3 Å². The Morgan fingerprint density at radius 2 is 2.33 bits per heavy atom. The van der Waals surface area contributed by atoms with Gasteiger partial charge in [-0.05, 0) is 12.3 Å². The molecule has 1 unspecified atom stereocenters. The van der Waals surface area contributed by atoms with Gasteiger partial charge in [-0.15, -0.1) is 0 Å². The third kappa shape index (κ3) is 2.41. The van der Waals surface area contributed by atoms with Crippen molar-refractivity contribution in [1.82, 2.24) is 10.1 Å². The fourth-order valence-electron chi connectivity index (χ4n) is 1.69. The lowest BCUT2D eigenvalue weighted by Crippen LogP contribution is -2.08. The Balaban J connectivity index is 2.01. The second-order valence-corrected chi connectivity index (χ2v) is 5.87. The summed E-state index contributed by atoms with van der Waals surface area (Å²) in [6.07, 6.45) is 1.56. The zero-order valence-corrected chi connectivity index (χ0v) is 8.74. The maximum atomic E-state index is 11.2. The topological polar surface area (TPSA) is 90.1 Å². The highest BCUT2D eigenvalue weighted by Crippen LogP contribution is 2.21. The Hall–Kier alpha value is -1.24. The van der Waals surface area contributed by atoms with Crippen LogP contribution in [0.4, 0.5) is 0 Å². The highest BCUT2D eigenvalue weighted by molar-refractivity contribution is 7.91. The van der Waals surface area contributed by atoms with E-state index < -0.39 is 9.84 Å². The highest BCUT2D eigenvalue weighted by Gasteiger charge is 2.29. The predicted octanol–water partition coefficient (Wildman–Crippen LogP) is -0.141. The van der Waals surface area contributed by atoms with Crippen LogP contribution >= 0.6 is 0 Å². The molecule has 0 bridgehead atoms. The van der Waals surface area contributed by atoms with Crippen molar-refractivity contribution in [2.75, 3.05) is 11.5 Å². The fourth-order valence-corrected chi connectivity index (χ4v) is 3.55. The van der Waals surface area contributed by atoms with E-state index in [1.807, 2.05) is 0 Å². The average molecular weight is 230 g/mol. The van der Waals surface area contributed by atoms with Gasteiger partial charge < -0.3 is 4.52 Å². The van der Waals surface area contributed by atoms with Crippen molar-refractivity contribution < 1.29 is 17.7 Å². The Labute approximate surface area is 86.6 Å². The van der Waals surface area contributed by atoms with Gasteiger partial charge in [0, 0.05) is 6.42 Å². The molecular weight excluding hydrogens is 220 g/mol. The molecule has 1 aliphatic rings. The van der Waals surface area contributed by atoms with Gasteiger partial charge in [0.2, 0.25) is 6.29 Å². The summed E-state index contributed by atoms with van der Waals surface area (Å²) in [7, 11) is -2.87. The van der Waals surface area contributed by atoms with Gasteiger partial charge in [-0.2, -0.15) is 4.98 Å². The molecule has 1 aliphatic heterocycles. The first-order chi connectivity index (χ1) is 7.09. The quantitative estimate of drug-likeness (QED) is 0.671. The molecular formula is C8H10N2O4S. The number of sulfone groups is 1. The first-order valence-corrected chi connectivity index (χ1v) is 6.39. The molecule has 15 heavy (non-hydrogen) atoms. The van der Waals surface area contributed by atoms with Crippen LogP contribution in [0.25, 0.3) is 0 Å². The van der Waals surface area contributed by atoms with Gasteiger partial charge in [0.1, 0.15) is 0 Å². The number of hydrogen-bond acceptors (Lipinski definition) is 6. The van der Waals surface area contributed by atoms with Gasteiger partial charge in [-0.25, -0.2) is 8.42 Å². The van der Waals surface area contributed by atoms with Crippen LogP contribution in [0.5, 0.6) is 0 Å². The van der Waals surface area contributed by atoms with Gasteiger partial charge in [0.05, 0.1) is 11.5 Å². The molecule has 1 saturated heterocycles. The number of aldehydes is 1. The molecule has 0 aromatic carbocycles. The molecule has 0 amide bonds. The van der Waals surface area contributed by atoms with Crippen molar-refractivity contribution in [3.8, 4) is 0 Å².